The molecule has 0 aliphatic heterocycles. The van der Waals surface area contributed by atoms with Crippen LogP contribution in [0.2, 0.25) is 0 Å². The molecule has 17 heavy (non-hydrogen) atoms. The SMILES string of the molecule is CNC(=O)NC(=O)C(C)N(C)CC(C)(C)CN. The Hall–Kier alpha value is -1.14. The Balaban J connectivity index is 4.34. The normalized spacial score (nSPS) is 13.4. The zero-order valence-corrected chi connectivity index (χ0v) is 11.3. The zero-order valence-electron chi connectivity index (χ0n) is 11.3. The molecule has 0 fully saturated rings. The molecular weight excluding hydrogens is 220 g/mol. The summed E-state index contributed by atoms with van der Waals surface area (Å²) in [4.78, 5) is 24.6. The lowest BCUT2D eigenvalue weighted by molar-refractivity contribution is -0.124. The summed E-state index contributed by atoms with van der Waals surface area (Å²) in [6.07, 6.45) is 0. The monoisotopic (exact) mass is 244 g/mol. The Morgan fingerprint density at radius 1 is 1.41 bits per heavy atom. The first-order valence-electron chi connectivity index (χ1n) is 5.66. The van der Waals surface area contributed by atoms with Crippen LogP contribution in [0.3, 0.4) is 0 Å². The quantitative estimate of drug-likeness (QED) is 0.622. The van der Waals surface area contributed by atoms with Crippen LogP contribution in [0.4, 0.5) is 4.79 Å². The van der Waals surface area contributed by atoms with E-state index in [4.69, 9.17) is 5.73 Å². The van der Waals surface area contributed by atoms with E-state index in [0.717, 1.165) is 0 Å². The maximum absolute atomic E-state index is 11.7. The molecule has 1 unspecified atom stereocenters. The Bertz CT molecular complexity index is 279. The van der Waals surface area contributed by atoms with Crippen molar-refractivity contribution in [2.45, 2.75) is 26.8 Å². The minimum atomic E-state index is -0.492. The van der Waals surface area contributed by atoms with Gasteiger partial charge in [-0.1, -0.05) is 13.8 Å². The molecular formula is C11H24N4O2. The van der Waals surface area contributed by atoms with Crippen LogP contribution >= 0.6 is 0 Å². The molecule has 0 saturated carbocycles. The van der Waals surface area contributed by atoms with Crippen LogP contribution in [0, 0.1) is 5.41 Å². The number of nitrogens with one attached hydrogen (secondary N) is 2. The molecule has 6 nitrogen and oxygen atoms in total. The van der Waals surface area contributed by atoms with E-state index in [0.29, 0.717) is 13.1 Å². The molecule has 0 saturated heterocycles. The highest BCUT2D eigenvalue weighted by Gasteiger charge is 2.25. The molecule has 0 aliphatic carbocycles. The Morgan fingerprint density at radius 3 is 2.35 bits per heavy atom. The topological polar surface area (TPSA) is 87.5 Å². The van der Waals surface area contributed by atoms with Gasteiger partial charge in [-0.25, -0.2) is 4.79 Å². The first-order chi connectivity index (χ1) is 7.73. The molecule has 6 heteroatoms. The van der Waals surface area contributed by atoms with E-state index >= 15 is 0 Å². The number of amides is 3. The Labute approximate surface area is 103 Å². The largest absolute Gasteiger partial charge is 0.341 e. The van der Waals surface area contributed by atoms with Crippen LogP contribution in [-0.2, 0) is 4.79 Å². The standard InChI is InChI=1S/C11H24N4O2/c1-8(9(16)14-10(17)13-4)15(5)7-11(2,3)6-12/h8H,6-7,12H2,1-5H3,(H2,13,14,16,17). The summed E-state index contributed by atoms with van der Waals surface area (Å²) >= 11 is 0. The third-order valence-electron chi connectivity index (χ3n) is 2.73. The summed E-state index contributed by atoms with van der Waals surface area (Å²) in [6.45, 7) is 7.05. The minimum Gasteiger partial charge on any atom is -0.341 e. The van der Waals surface area contributed by atoms with E-state index in [1.54, 1.807) is 6.92 Å². The predicted molar refractivity (Wildman–Crippen MR) is 67.5 cm³/mol. The van der Waals surface area contributed by atoms with Gasteiger partial charge >= 0.3 is 6.03 Å². The van der Waals surface area contributed by atoms with Crippen molar-refractivity contribution >= 4 is 11.9 Å². The first kappa shape index (κ1) is 15.9. The summed E-state index contributed by atoms with van der Waals surface area (Å²) in [7, 11) is 3.31. The van der Waals surface area contributed by atoms with Crippen molar-refractivity contribution in [1.29, 1.82) is 0 Å². The fourth-order valence-corrected chi connectivity index (χ4v) is 1.36. The molecule has 0 spiro atoms. The molecule has 1 atom stereocenters. The van der Waals surface area contributed by atoms with E-state index in [2.05, 4.69) is 10.6 Å². The number of carbonyl (C=O) groups is 2. The lowest BCUT2D eigenvalue weighted by Crippen LogP contribution is -2.50. The highest BCUT2D eigenvalue weighted by Crippen LogP contribution is 2.15. The van der Waals surface area contributed by atoms with E-state index in [-0.39, 0.29) is 17.4 Å². The van der Waals surface area contributed by atoms with Crippen LogP contribution in [0.15, 0.2) is 0 Å². The molecule has 4 N–H and O–H groups in total. The molecule has 0 aliphatic rings. The fourth-order valence-electron chi connectivity index (χ4n) is 1.36. The lowest BCUT2D eigenvalue weighted by atomic mass is 9.93. The summed E-state index contributed by atoms with van der Waals surface area (Å²) in [5.41, 5.74) is 5.58. The lowest BCUT2D eigenvalue weighted by Gasteiger charge is -2.32. The Morgan fingerprint density at radius 2 is 1.94 bits per heavy atom. The molecule has 3 amide bonds. The first-order valence-corrected chi connectivity index (χ1v) is 5.66. The number of hydrogen-bond donors (Lipinski definition) is 3. The van der Waals surface area contributed by atoms with E-state index < -0.39 is 6.03 Å². The zero-order chi connectivity index (χ0) is 13.6. The molecule has 0 bridgehead atoms. The van der Waals surface area contributed by atoms with Gasteiger partial charge < -0.3 is 11.1 Å². The number of likely N-dealkylation sites (N-methyl/N-ethyl adjacent to an activating group) is 1. The van der Waals surface area contributed by atoms with E-state index in [1.165, 1.54) is 7.05 Å². The van der Waals surface area contributed by atoms with E-state index in [1.807, 2.05) is 25.8 Å². The number of imide groups is 1. The van der Waals surface area contributed by atoms with E-state index in [9.17, 15) is 9.59 Å². The second kappa shape index (κ2) is 6.56. The number of nitrogens with two attached hydrogens (primary N) is 1. The van der Waals surface area contributed by atoms with Gasteiger partial charge in [0.15, 0.2) is 0 Å². The van der Waals surface area contributed by atoms with Crippen molar-refractivity contribution in [3.63, 3.8) is 0 Å². The molecule has 0 radical (unpaired) electrons. The molecule has 0 aromatic carbocycles. The maximum atomic E-state index is 11.7. The average molecular weight is 244 g/mol. The van der Waals surface area contributed by atoms with Gasteiger partial charge in [0.1, 0.15) is 0 Å². The van der Waals surface area contributed by atoms with Crippen LogP contribution in [0.25, 0.3) is 0 Å². The summed E-state index contributed by atoms with van der Waals surface area (Å²) in [5.74, 6) is -0.320. The summed E-state index contributed by atoms with van der Waals surface area (Å²) in [5, 5.41) is 4.59. The van der Waals surface area contributed by atoms with Gasteiger partial charge in [-0.2, -0.15) is 0 Å². The predicted octanol–water partition coefficient (Wildman–Crippen LogP) is -0.253. The van der Waals surface area contributed by atoms with Crippen LogP contribution in [-0.4, -0.2) is 50.1 Å². The van der Waals surface area contributed by atoms with Crippen molar-refractivity contribution in [3.8, 4) is 0 Å². The van der Waals surface area contributed by atoms with Gasteiger partial charge in [-0.3, -0.25) is 15.0 Å². The van der Waals surface area contributed by atoms with Crippen molar-refractivity contribution in [2.75, 3.05) is 27.2 Å². The molecule has 100 valence electrons. The summed E-state index contributed by atoms with van der Waals surface area (Å²) < 4.78 is 0. The van der Waals surface area contributed by atoms with Gasteiger partial charge in [0, 0.05) is 13.6 Å². The van der Waals surface area contributed by atoms with Crippen molar-refractivity contribution in [2.24, 2.45) is 11.1 Å². The fraction of sp³-hybridized carbons (Fsp3) is 0.818. The smallest absolute Gasteiger partial charge is 0.321 e. The van der Waals surface area contributed by atoms with Crippen LogP contribution < -0.4 is 16.4 Å². The van der Waals surface area contributed by atoms with Gasteiger partial charge in [-0.15, -0.1) is 0 Å². The Kier molecular flexibility index (Phi) is 6.12. The number of rotatable bonds is 5. The number of urea groups is 1. The highest BCUT2D eigenvalue weighted by molar-refractivity contribution is 5.96. The second-order valence-corrected chi connectivity index (χ2v) is 5.03. The maximum Gasteiger partial charge on any atom is 0.321 e. The highest BCUT2D eigenvalue weighted by atomic mass is 16.2. The van der Waals surface area contributed by atoms with Crippen molar-refractivity contribution in [1.82, 2.24) is 15.5 Å². The molecule has 0 aromatic rings. The molecule has 0 aromatic heterocycles. The molecule has 0 heterocycles. The van der Waals surface area contributed by atoms with Crippen molar-refractivity contribution < 1.29 is 9.59 Å². The molecule has 0 rings (SSSR count). The number of nitrogens with zero attached hydrogens (tertiary/aromatic N) is 1. The van der Waals surface area contributed by atoms with Crippen LogP contribution in [0.5, 0.6) is 0 Å². The minimum absolute atomic E-state index is 0.0592. The van der Waals surface area contributed by atoms with Crippen molar-refractivity contribution in [3.05, 3.63) is 0 Å². The number of carbonyl (C=O) groups excluding carboxylic acids is 2. The summed E-state index contributed by atoms with van der Waals surface area (Å²) in [6, 6.07) is -0.869. The average Bonchev–Trinajstić information content (AvgIpc) is 2.27. The van der Waals surface area contributed by atoms with Gasteiger partial charge in [0.25, 0.3) is 0 Å². The number of hydrogen-bond acceptors (Lipinski definition) is 4. The van der Waals surface area contributed by atoms with Crippen LogP contribution in [0.1, 0.15) is 20.8 Å². The third-order valence-corrected chi connectivity index (χ3v) is 2.73. The van der Waals surface area contributed by atoms with Gasteiger partial charge in [0.2, 0.25) is 5.91 Å². The van der Waals surface area contributed by atoms with Gasteiger partial charge in [-0.05, 0) is 25.9 Å². The second-order valence-electron chi connectivity index (χ2n) is 5.03. The third kappa shape index (κ3) is 5.65. The van der Waals surface area contributed by atoms with Gasteiger partial charge in [0.05, 0.1) is 6.04 Å².